The van der Waals surface area contributed by atoms with E-state index in [1.807, 2.05) is 0 Å². The standard InChI is InChI=1S/C8H9N2/c1-2-4-8-7(3-1)5-9-6-10-8/h2,4,6H,1,3,5H2. The van der Waals surface area contributed by atoms with Gasteiger partial charge in [0, 0.05) is 0 Å². The quantitative estimate of drug-likeness (QED) is 0.475. The molecule has 0 atom stereocenters. The lowest BCUT2D eigenvalue weighted by Gasteiger charge is -2.14. The van der Waals surface area contributed by atoms with Crippen LogP contribution in [0.4, 0.5) is 0 Å². The van der Waals surface area contributed by atoms with Crippen molar-refractivity contribution in [2.75, 3.05) is 6.54 Å². The first-order chi connectivity index (χ1) is 4.97. The van der Waals surface area contributed by atoms with E-state index in [1.54, 1.807) is 6.34 Å². The smallest absolute Gasteiger partial charge is 0.110 e. The van der Waals surface area contributed by atoms with Gasteiger partial charge in [-0.2, -0.15) is 0 Å². The molecule has 10 heavy (non-hydrogen) atoms. The second-order valence-corrected chi connectivity index (χ2v) is 2.52. The van der Waals surface area contributed by atoms with Crippen LogP contribution in [-0.4, -0.2) is 12.9 Å². The molecule has 1 heterocycles. The Balaban J connectivity index is 2.32. The minimum atomic E-state index is 0.864. The second-order valence-electron chi connectivity index (χ2n) is 2.52. The van der Waals surface area contributed by atoms with E-state index >= 15 is 0 Å². The summed E-state index contributed by atoms with van der Waals surface area (Å²) < 4.78 is 0. The van der Waals surface area contributed by atoms with Gasteiger partial charge in [0.25, 0.3) is 0 Å². The Morgan fingerprint density at radius 3 is 3.30 bits per heavy atom. The highest BCUT2D eigenvalue weighted by atomic mass is 15.0. The van der Waals surface area contributed by atoms with Crippen LogP contribution in [0.2, 0.25) is 0 Å². The molecule has 0 amide bonds. The van der Waals surface area contributed by atoms with Crippen LogP contribution in [0.1, 0.15) is 12.8 Å². The zero-order valence-corrected chi connectivity index (χ0v) is 5.75. The first-order valence-corrected chi connectivity index (χ1v) is 3.54. The first kappa shape index (κ1) is 5.71. The molecular formula is C8H9N2. The molecule has 1 aliphatic carbocycles. The molecule has 0 unspecified atom stereocenters. The van der Waals surface area contributed by atoms with E-state index in [9.17, 15) is 0 Å². The zero-order chi connectivity index (χ0) is 6.81. The first-order valence-electron chi connectivity index (χ1n) is 3.54. The second kappa shape index (κ2) is 2.29. The Hall–Kier alpha value is -1.05. The molecule has 2 heteroatoms. The average molecular weight is 133 g/mol. The summed E-state index contributed by atoms with van der Waals surface area (Å²) in [5.74, 6) is 0. The third-order valence-corrected chi connectivity index (χ3v) is 1.81. The topological polar surface area (TPSA) is 26.5 Å². The average Bonchev–Trinajstić information content (AvgIpc) is 2.05. The van der Waals surface area contributed by atoms with Crippen LogP contribution in [-0.2, 0) is 0 Å². The van der Waals surface area contributed by atoms with Crippen LogP contribution in [0, 0.1) is 0 Å². The summed E-state index contributed by atoms with van der Waals surface area (Å²) in [4.78, 5) is 4.15. The third-order valence-electron chi connectivity index (χ3n) is 1.81. The summed E-state index contributed by atoms with van der Waals surface area (Å²) in [7, 11) is 0. The van der Waals surface area contributed by atoms with Crippen molar-refractivity contribution in [1.82, 2.24) is 5.32 Å². The maximum Gasteiger partial charge on any atom is 0.110 e. The predicted molar refractivity (Wildman–Crippen MR) is 40.9 cm³/mol. The van der Waals surface area contributed by atoms with Crippen molar-refractivity contribution in [3.63, 3.8) is 0 Å². The Bertz CT molecular complexity index is 201. The van der Waals surface area contributed by atoms with E-state index in [1.165, 1.54) is 5.57 Å². The van der Waals surface area contributed by atoms with Crippen molar-refractivity contribution < 1.29 is 0 Å². The van der Waals surface area contributed by atoms with Gasteiger partial charge < -0.3 is 0 Å². The van der Waals surface area contributed by atoms with Gasteiger partial charge in [-0.05, 0) is 24.5 Å². The molecule has 2 nitrogen and oxygen atoms in total. The van der Waals surface area contributed by atoms with Crippen LogP contribution in [0.3, 0.4) is 0 Å². The normalized spacial score (nSPS) is 22.4. The molecule has 0 spiro atoms. The summed E-state index contributed by atoms with van der Waals surface area (Å²) in [5, 5.41) is 4.08. The predicted octanol–water partition coefficient (Wildman–Crippen LogP) is 1.24. The fourth-order valence-corrected chi connectivity index (χ4v) is 1.25. The van der Waals surface area contributed by atoms with Crippen molar-refractivity contribution in [2.45, 2.75) is 12.8 Å². The molecule has 0 fully saturated rings. The van der Waals surface area contributed by atoms with E-state index in [0.717, 1.165) is 25.1 Å². The number of hydrogen-bond acceptors (Lipinski definition) is 1. The largest absolute Gasteiger partial charge is 0.269 e. The lowest BCUT2D eigenvalue weighted by molar-refractivity contribution is 0.829. The number of hydrogen-bond donors (Lipinski definition) is 0. The molecule has 1 aliphatic heterocycles. The molecule has 0 aromatic heterocycles. The van der Waals surface area contributed by atoms with Crippen molar-refractivity contribution in [3.05, 3.63) is 23.4 Å². The Labute approximate surface area is 60.3 Å². The van der Waals surface area contributed by atoms with E-state index in [0.29, 0.717) is 0 Å². The Morgan fingerprint density at radius 1 is 1.40 bits per heavy atom. The molecule has 0 bridgehead atoms. The summed E-state index contributed by atoms with van der Waals surface area (Å²) in [6, 6.07) is 0. The highest BCUT2D eigenvalue weighted by molar-refractivity contribution is 5.60. The SMILES string of the molecule is C1=CC2=C(CC1)C[N]C=N2. The number of nitrogens with zero attached hydrogens (tertiary/aromatic N) is 2. The summed E-state index contributed by atoms with van der Waals surface area (Å²) in [6.45, 7) is 0.864. The van der Waals surface area contributed by atoms with Crippen LogP contribution in [0.5, 0.6) is 0 Å². The van der Waals surface area contributed by atoms with Gasteiger partial charge in [-0.1, -0.05) is 6.08 Å². The highest BCUT2D eigenvalue weighted by Gasteiger charge is 2.09. The lowest BCUT2D eigenvalue weighted by Crippen LogP contribution is -2.14. The van der Waals surface area contributed by atoms with Crippen molar-refractivity contribution in [3.8, 4) is 0 Å². The van der Waals surface area contributed by atoms with Gasteiger partial charge >= 0.3 is 0 Å². The number of rotatable bonds is 0. The van der Waals surface area contributed by atoms with Gasteiger partial charge in [0.15, 0.2) is 0 Å². The monoisotopic (exact) mass is 133 g/mol. The fourth-order valence-electron chi connectivity index (χ4n) is 1.25. The van der Waals surface area contributed by atoms with Crippen LogP contribution in [0.25, 0.3) is 0 Å². The molecule has 0 saturated carbocycles. The Kier molecular flexibility index (Phi) is 1.31. The van der Waals surface area contributed by atoms with Crippen molar-refractivity contribution in [1.29, 1.82) is 0 Å². The van der Waals surface area contributed by atoms with Gasteiger partial charge in [-0.3, -0.25) is 5.32 Å². The summed E-state index contributed by atoms with van der Waals surface area (Å²) in [6.07, 6.45) is 8.20. The third kappa shape index (κ3) is 0.856. The van der Waals surface area contributed by atoms with E-state index < -0.39 is 0 Å². The molecule has 2 rings (SSSR count). The molecule has 2 aliphatic rings. The number of allylic oxidation sites excluding steroid dienone is 2. The maximum absolute atomic E-state index is 4.15. The summed E-state index contributed by atoms with van der Waals surface area (Å²) >= 11 is 0. The molecular weight excluding hydrogens is 124 g/mol. The zero-order valence-electron chi connectivity index (χ0n) is 5.75. The lowest BCUT2D eigenvalue weighted by atomic mass is 10.0. The minimum absolute atomic E-state index is 0.864. The molecule has 0 aromatic rings. The van der Waals surface area contributed by atoms with Gasteiger partial charge in [0.2, 0.25) is 0 Å². The van der Waals surface area contributed by atoms with E-state index in [-0.39, 0.29) is 0 Å². The molecule has 51 valence electrons. The Morgan fingerprint density at radius 2 is 2.40 bits per heavy atom. The molecule has 1 radical (unpaired) electrons. The van der Waals surface area contributed by atoms with E-state index in [4.69, 9.17) is 0 Å². The van der Waals surface area contributed by atoms with Gasteiger partial charge in [0.05, 0.1) is 12.2 Å². The van der Waals surface area contributed by atoms with Crippen LogP contribution in [0.15, 0.2) is 28.4 Å². The van der Waals surface area contributed by atoms with Crippen LogP contribution < -0.4 is 5.32 Å². The van der Waals surface area contributed by atoms with Crippen molar-refractivity contribution >= 4 is 6.34 Å². The highest BCUT2D eigenvalue weighted by Crippen LogP contribution is 2.20. The molecule has 0 N–H and O–H groups in total. The van der Waals surface area contributed by atoms with Gasteiger partial charge in [0.1, 0.15) is 6.34 Å². The van der Waals surface area contributed by atoms with Gasteiger partial charge in [-0.15, -0.1) is 0 Å². The van der Waals surface area contributed by atoms with Crippen molar-refractivity contribution in [2.24, 2.45) is 4.99 Å². The van der Waals surface area contributed by atoms with Gasteiger partial charge in [-0.25, -0.2) is 4.99 Å². The van der Waals surface area contributed by atoms with Crippen LogP contribution >= 0.6 is 0 Å². The number of aliphatic imine (C=N–C) groups is 1. The molecule has 0 aromatic carbocycles. The summed E-state index contributed by atoms with van der Waals surface area (Å²) in [5.41, 5.74) is 2.53. The maximum atomic E-state index is 4.15. The fraction of sp³-hybridized carbons (Fsp3) is 0.375. The molecule has 0 saturated heterocycles. The minimum Gasteiger partial charge on any atom is -0.269 e. The van der Waals surface area contributed by atoms with E-state index in [2.05, 4.69) is 22.5 Å².